The van der Waals surface area contributed by atoms with Gasteiger partial charge in [-0.15, -0.1) is 0 Å². The summed E-state index contributed by atoms with van der Waals surface area (Å²) in [5.41, 5.74) is 1.13. The Hall–Kier alpha value is -2.17. The van der Waals surface area contributed by atoms with E-state index in [0.717, 1.165) is 0 Å². The van der Waals surface area contributed by atoms with E-state index in [1.54, 1.807) is 31.3 Å². The number of carboxylic acid groups (broad SMARTS) is 1. The predicted molar refractivity (Wildman–Crippen MR) is 62.1 cm³/mol. The minimum Gasteiger partial charge on any atom is -0.481 e. The minimum absolute atomic E-state index is 0.0157. The molecule has 17 heavy (non-hydrogen) atoms. The van der Waals surface area contributed by atoms with Crippen molar-refractivity contribution in [3.63, 3.8) is 0 Å². The molecule has 0 heterocycles. The molecule has 0 atom stereocenters. The molecule has 0 bridgehead atoms. The molecule has 0 spiro atoms. The minimum atomic E-state index is -0.990. The summed E-state index contributed by atoms with van der Waals surface area (Å²) in [6.45, 7) is 0. The van der Waals surface area contributed by atoms with Crippen LogP contribution in [0.25, 0.3) is 0 Å². The van der Waals surface area contributed by atoms with Gasteiger partial charge in [0, 0.05) is 24.7 Å². The van der Waals surface area contributed by atoms with Gasteiger partial charge in [0.2, 0.25) is 6.41 Å². The normalized spacial score (nSPS) is 9.71. The Kier molecular flexibility index (Phi) is 4.39. The highest BCUT2D eigenvalue weighted by molar-refractivity contribution is 5.97. The van der Waals surface area contributed by atoms with Crippen molar-refractivity contribution >= 4 is 23.9 Å². The van der Waals surface area contributed by atoms with Gasteiger partial charge in [0.25, 0.3) is 0 Å². The maximum Gasteiger partial charge on any atom is 0.303 e. The third-order valence-electron chi connectivity index (χ3n) is 2.32. The number of amides is 1. The molecule has 1 aromatic carbocycles. The van der Waals surface area contributed by atoms with Gasteiger partial charge in [-0.1, -0.05) is 0 Å². The summed E-state index contributed by atoms with van der Waals surface area (Å²) in [7, 11) is 1.61. The van der Waals surface area contributed by atoms with Crippen LogP contribution >= 0.6 is 0 Å². The third kappa shape index (κ3) is 3.71. The Morgan fingerprint density at radius 3 is 2.29 bits per heavy atom. The molecule has 0 saturated carbocycles. The van der Waals surface area contributed by atoms with Crippen molar-refractivity contribution in [1.29, 1.82) is 0 Å². The van der Waals surface area contributed by atoms with Crippen molar-refractivity contribution in [1.82, 2.24) is 0 Å². The fourth-order valence-corrected chi connectivity index (χ4v) is 1.31. The molecule has 0 aliphatic carbocycles. The Labute approximate surface area is 98.7 Å². The summed E-state index contributed by atoms with van der Waals surface area (Å²) in [5.74, 6) is -1.21. The van der Waals surface area contributed by atoms with Crippen molar-refractivity contribution in [2.45, 2.75) is 12.8 Å². The monoisotopic (exact) mass is 235 g/mol. The predicted octanol–water partition coefficient (Wildman–Crippen LogP) is 1.33. The average molecular weight is 235 g/mol. The van der Waals surface area contributed by atoms with Gasteiger partial charge in [-0.25, -0.2) is 0 Å². The number of anilines is 1. The molecule has 0 unspecified atom stereocenters. The van der Waals surface area contributed by atoms with E-state index in [0.29, 0.717) is 17.7 Å². The third-order valence-corrected chi connectivity index (χ3v) is 2.32. The topological polar surface area (TPSA) is 74.7 Å². The summed E-state index contributed by atoms with van der Waals surface area (Å²) in [4.78, 5) is 33.7. The summed E-state index contributed by atoms with van der Waals surface area (Å²) in [5, 5.41) is 8.46. The van der Waals surface area contributed by atoms with Crippen molar-refractivity contribution < 1.29 is 19.5 Å². The van der Waals surface area contributed by atoms with Gasteiger partial charge in [0.1, 0.15) is 0 Å². The number of ketones is 1. The van der Waals surface area contributed by atoms with Crippen LogP contribution in [0.5, 0.6) is 0 Å². The zero-order chi connectivity index (χ0) is 12.8. The summed E-state index contributed by atoms with van der Waals surface area (Å²) < 4.78 is 0. The molecule has 0 aromatic heterocycles. The number of nitrogens with zero attached hydrogens (tertiary/aromatic N) is 1. The lowest BCUT2D eigenvalue weighted by molar-refractivity contribution is -0.136. The molecule has 5 nitrogen and oxygen atoms in total. The van der Waals surface area contributed by atoms with E-state index in [1.807, 2.05) is 0 Å². The molecule has 0 saturated heterocycles. The maximum atomic E-state index is 11.6. The fraction of sp³-hybridized carbons (Fsp3) is 0.250. The molecule has 1 amide bonds. The maximum absolute atomic E-state index is 11.6. The van der Waals surface area contributed by atoms with Crippen LogP contribution in [0, 0.1) is 0 Å². The van der Waals surface area contributed by atoms with Gasteiger partial charge in [0.05, 0.1) is 6.42 Å². The smallest absolute Gasteiger partial charge is 0.303 e. The van der Waals surface area contributed by atoms with E-state index in [4.69, 9.17) is 5.11 Å². The van der Waals surface area contributed by atoms with Crippen LogP contribution in [-0.2, 0) is 9.59 Å². The zero-order valence-corrected chi connectivity index (χ0v) is 9.42. The molecule has 90 valence electrons. The zero-order valence-electron chi connectivity index (χ0n) is 9.42. The van der Waals surface area contributed by atoms with Gasteiger partial charge < -0.3 is 10.0 Å². The van der Waals surface area contributed by atoms with Gasteiger partial charge in [-0.2, -0.15) is 0 Å². The van der Waals surface area contributed by atoms with E-state index in [1.165, 1.54) is 4.90 Å². The van der Waals surface area contributed by atoms with Crippen molar-refractivity contribution in [3.8, 4) is 0 Å². The number of carboxylic acids is 1. The Bertz CT molecular complexity index is 425. The van der Waals surface area contributed by atoms with Crippen molar-refractivity contribution in [2.75, 3.05) is 11.9 Å². The van der Waals surface area contributed by atoms with Crippen molar-refractivity contribution in [2.24, 2.45) is 0 Å². The fourth-order valence-electron chi connectivity index (χ4n) is 1.31. The molecule has 0 aliphatic heterocycles. The van der Waals surface area contributed by atoms with E-state index in [-0.39, 0.29) is 18.6 Å². The van der Waals surface area contributed by atoms with Crippen LogP contribution in [0.4, 0.5) is 5.69 Å². The SMILES string of the molecule is CN(C=O)c1ccc(C(=O)CCC(=O)O)cc1. The van der Waals surface area contributed by atoms with Gasteiger partial charge >= 0.3 is 5.97 Å². The molecule has 0 aliphatic rings. The standard InChI is InChI=1S/C12H13NO4/c1-13(8-14)10-4-2-9(3-5-10)11(15)6-7-12(16)17/h2-5,8H,6-7H2,1H3,(H,16,17). The van der Waals surface area contributed by atoms with Crippen molar-refractivity contribution in [3.05, 3.63) is 29.8 Å². The molecular formula is C12H13NO4. The van der Waals surface area contributed by atoms with E-state index >= 15 is 0 Å². The highest BCUT2D eigenvalue weighted by Crippen LogP contribution is 2.14. The van der Waals surface area contributed by atoms with E-state index in [2.05, 4.69) is 0 Å². The Balaban J connectivity index is 2.70. The van der Waals surface area contributed by atoms with Gasteiger partial charge in [0.15, 0.2) is 5.78 Å². The number of carbonyl (C=O) groups is 3. The van der Waals surface area contributed by atoms with Crippen LogP contribution in [0.1, 0.15) is 23.2 Å². The van der Waals surface area contributed by atoms with Crippen LogP contribution < -0.4 is 4.90 Å². The first kappa shape index (κ1) is 12.9. The Morgan fingerprint density at radius 2 is 1.82 bits per heavy atom. The van der Waals surface area contributed by atoms with Crippen LogP contribution in [0.3, 0.4) is 0 Å². The average Bonchev–Trinajstić information content (AvgIpc) is 2.35. The summed E-state index contributed by atoms with van der Waals surface area (Å²) in [6.07, 6.45) is 0.480. The first-order valence-corrected chi connectivity index (χ1v) is 5.08. The lowest BCUT2D eigenvalue weighted by atomic mass is 10.1. The van der Waals surface area contributed by atoms with Crippen LogP contribution in [-0.4, -0.2) is 30.3 Å². The largest absolute Gasteiger partial charge is 0.481 e. The highest BCUT2D eigenvalue weighted by Gasteiger charge is 2.08. The molecular weight excluding hydrogens is 222 g/mol. The number of hydrogen-bond acceptors (Lipinski definition) is 3. The van der Waals surface area contributed by atoms with Gasteiger partial charge in [-0.3, -0.25) is 14.4 Å². The number of benzene rings is 1. The molecule has 1 N–H and O–H groups in total. The number of aliphatic carboxylic acids is 1. The molecule has 0 radical (unpaired) electrons. The van der Waals surface area contributed by atoms with E-state index in [9.17, 15) is 14.4 Å². The quantitative estimate of drug-likeness (QED) is 0.596. The first-order valence-electron chi connectivity index (χ1n) is 5.08. The lowest BCUT2D eigenvalue weighted by Gasteiger charge is -2.10. The van der Waals surface area contributed by atoms with E-state index < -0.39 is 5.97 Å². The Morgan fingerprint density at radius 1 is 1.24 bits per heavy atom. The van der Waals surface area contributed by atoms with Gasteiger partial charge in [-0.05, 0) is 24.3 Å². The lowest BCUT2D eigenvalue weighted by Crippen LogP contribution is -2.13. The number of carbonyl (C=O) groups excluding carboxylic acids is 2. The molecule has 1 aromatic rings. The summed E-state index contributed by atoms with van der Waals surface area (Å²) >= 11 is 0. The first-order chi connectivity index (χ1) is 8.04. The highest BCUT2D eigenvalue weighted by atomic mass is 16.4. The summed E-state index contributed by atoms with van der Waals surface area (Å²) in [6, 6.07) is 6.45. The number of Topliss-reactive ketones (excluding diaryl/α,β-unsaturated/α-hetero) is 1. The van der Waals surface area contributed by atoms with Crippen LogP contribution in [0.2, 0.25) is 0 Å². The molecule has 1 rings (SSSR count). The number of hydrogen-bond donors (Lipinski definition) is 1. The second-order valence-electron chi connectivity index (χ2n) is 3.58. The second-order valence-corrected chi connectivity index (χ2v) is 3.58. The second kappa shape index (κ2) is 5.79. The van der Waals surface area contributed by atoms with Crippen LogP contribution in [0.15, 0.2) is 24.3 Å². The number of rotatable bonds is 6. The molecule has 5 heteroatoms. The molecule has 0 fully saturated rings.